The average molecular weight is 535 g/mol. The Morgan fingerprint density at radius 1 is 0.711 bits per heavy atom. The van der Waals surface area contributed by atoms with Gasteiger partial charge in [0.1, 0.15) is 0 Å². The van der Waals surface area contributed by atoms with Gasteiger partial charge in [-0.05, 0) is 62.5 Å². The Bertz CT molecular complexity index is 898. The minimum Gasteiger partial charge on any atom is -0.0991 e. The van der Waals surface area contributed by atoms with Crippen molar-refractivity contribution in [3.05, 3.63) is 143 Å². The van der Waals surface area contributed by atoms with Crippen LogP contribution in [0.3, 0.4) is 0 Å². The second-order valence-electron chi connectivity index (χ2n) is 6.72. The van der Waals surface area contributed by atoms with E-state index in [1.165, 1.54) is 32.1 Å². The molecule has 0 fully saturated rings. The van der Waals surface area contributed by atoms with E-state index in [4.69, 9.17) is 0 Å². The molecule has 0 N–H and O–H groups in total. The van der Waals surface area contributed by atoms with Crippen molar-refractivity contribution in [1.29, 1.82) is 0 Å². The average Bonchev–Trinajstić information content (AvgIpc) is 2.99. The van der Waals surface area contributed by atoms with E-state index in [1.54, 1.807) is 23.9 Å². The molecule has 0 atom stereocenters. The van der Waals surface area contributed by atoms with Gasteiger partial charge < -0.3 is 0 Å². The highest BCUT2D eigenvalue weighted by Gasteiger charge is 2.12. The summed E-state index contributed by atoms with van der Waals surface area (Å²) in [5, 5.41) is 0. The van der Waals surface area contributed by atoms with Gasteiger partial charge in [-0.15, -0.1) is 0 Å². The first-order valence-electron chi connectivity index (χ1n) is 14.2. The van der Waals surface area contributed by atoms with Crippen molar-refractivity contribution in [2.75, 3.05) is 0 Å². The van der Waals surface area contributed by atoms with Gasteiger partial charge in [0.15, 0.2) is 0 Å². The third-order valence-electron chi connectivity index (χ3n) is 4.47. The van der Waals surface area contributed by atoms with E-state index in [0.717, 1.165) is 12.8 Å². The van der Waals surface area contributed by atoms with Crippen molar-refractivity contribution in [2.45, 2.75) is 89.0 Å². The molecule has 0 saturated carbocycles. The molecular formula is C37H58S. The summed E-state index contributed by atoms with van der Waals surface area (Å²) in [7, 11) is 0. The Hall–Kier alpha value is -2.77. The zero-order valence-corrected chi connectivity index (χ0v) is 27.4. The Balaban J connectivity index is -0.000000241. The minimum atomic E-state index is 1.06. The molecule has 0 aromatic heterocycles. The van der Waals surface area contributed by atoms with Crippen LogP contribution in [-0.4, -0.2) is 0 Å². The Morgan fingerprint density at radius 3 is 1.68 bits per heavy atom. The number of rotatable bonds is 8. The summed E-state index contributed by atoms with van der Waals surface area (Å²) in [5.41, 5.74) is 5.86. The van der Waals surface area contributed by atoms with E-state index in [1.807, 2.05) is 106 Å². The molecule has 1 aromatic carbocycles. The van der Waals surface area contributed by atoms with Gasteiger partial charge >= 0.3 is 0 Å². The normalized spacial score (nSPS) is 12.2. The maximum Gasteiger partial charge on any atom is 0.0118 e. The maximum absolute atomic E-state index is 3.71. The lowest BCUT2D eigenvalue weighted by Crippen LogP contribution is -2.05. The number of hydrogen-bond acceptors (Lipinski definition) is 1. The number of hydrogen-bond donors (Lipinski definition) is 0. The summed E-state index contributed by atoms with van der Waals surface area (Å²) >= 11 is 1.71. The highest BCUT2D eigenvalue weighted by Crippen LogP contribution is 2.27. The molecule has 0 spiro atoms. The molecule has 2 rings (SSSR count). The van der Waals surface area contributed by atoms with Gasteiger partial charge in [-0.3, -0.25) is 0 Å². The number of fused-ring (bicyclic) bond motifs is 1. The fourth-order valence-electron chi connectivity index (χ4n) is 2.94. The third-order valence-corrected chi connectivity index (χ3v) is 5.58. The summed E-state index contributed by atoms with van der Waals surface area (Å²) in [6, 6.07) is 8.70. The SMILES string of the molecule is C=C/C=C\C(=C/C)SC(/C=C\C)=C/C=C.C=C/C=C\C1=C(C)Cc2ccccc2C1.CC.CC.CC.CC. The third kappa shape index (κ3) is 21.3. The summed E-state index contributed by atoms with van der Waals surface area (Å²) in [4.78, 5) is 2.37. The molecule has 0 unspecified atom stereocenters. The van der Waals surface area contributed by atoms with Gasteiger partial charge in [0, 0.05) is 9.81 Å². The molecule has 1 aliphatic rings. The van der Waals surface area contributed by atoms with Gasteiger partial charge in [-0.1, -0.05) is 171 Å². The molecular weight excluding hydrogens is 476 g/mol. The minimum absolute atomic E-state index is 1.06. The second-order valence-corrected chi connectivity index (χ2v) is 7.86. The molecule has 0 radical (unpaired) electrons. The van der Waals surface area contributed by atoms with Crippen molar-refractivity contribution in [1.82, 2.24) is 0 Å². The van der Waals surface area contributed by atoms with E-state index in [9.17, 15) is 0 Å². The maximum atomic E-state index is 3.71. The monoisotopic (exact) mass is 534 g/mol. The van der Waals surface area contributed by atoms with Crippen LogP contribution in [0.2, 0.25) is 0 Å². The van der Waals surface area contributed by atoms with Crippen LogP contribution in [0.1, 0.15) is 87.3 Å². The van der Waals surface area contributed by atoms with Crippen LogP contribution in [0.5, 0.6) is 0 Å². The summed E-state index contributed by atoms with van der Waals surface area (Å²) in [6.07, 6.45) is 23.9. The van der Waals surface area contributed by atoms with Crippen LogP contribution in [0.25, 0.3) is 0 Å². The lowest BCUT2D eigenvalue weighted by molar-refractivity contribution is 0.978. The molecule has 0 nitrogen and oxygen atoms in total. The van der Waals surface area contributed by atoms with Crippen LogP contribution in [-0.2, 0) is 12.8 Å². The summed E-state index contributed by atoms with van der Waals surface area (Å²) in [6.45, 7) is 33.3. The van der Waals surface area contributed by atoms with Crippen molar-refractivity contribution in [3.8, 4) is 0 Å². The molecule has 1 aromatic rings. The van der Waals surface area contributed by atoms with Gasteiger partial charge in [0.2, 0.25) is 0 Å². The molecule has 38 heavy (non-hydrogen) atoms. The topological polar surface area (TPSA) is 0 Å². The molecule has 1 aliphatic carbocycles. The Labute approximate surface area is 243 Å². The first-order chi connectivity index (χ1) is 18.6. The van der Waals surface area contributed by atoms with Gasteiger partial charge in [-0.2, -0.15) is 0 Å². The molecule has 0 amide bonds. The van der Waals surface area contributed by atoms with Crippen LogP contribution < -0.4 is 0 Å². The lowest BCUT2D eigenvalue weighted by Gasteiger charge is -2.19. The van der Waals surface area contributed by atoms with Crippen LogP contribution in [0, 0.1) is 0 Å². The summed E-state index contributed by atoms with van der Waals surface area (Å²) in [5.74, 6) is 0. The predicted octanol–water partition coefficient (Wildman–Crippen LogP) is 13.0. The first-order valence-corrected chi connectivity index (χ1v) is 15.0. The molecule has 0 aliphatic heterocycles. The van der Waals surface area contributed by atoms with Crippen LogP contribution in [0.15, 0.2) is 132 Å². The molecule has 0 saturated heterocycles. The highest BCUT2D eigenvalue weighted by atomic mass is 32.2. The van der Waals surface area contributed by atoms with E-state index in [2.05, 4.69) is 69.2 Å². The molecule has 0 bridgehead atoms. The zero-order valence-electron chi connectivity index (χ0n) is 26.6. The van der Waals surface area contributed by atoms with Crippen LogP contribution in [0.4, 0.5) is 0 Å². The summed E-state index contributed by atoms with van der Waals surface area (Å²) < 4.78 is 0. The van der Waals surface area contributed by atoms with Crippen molar-refractivity contribution >= 4 is 11.8 Å². The zero-order chi connectivity index (χ0) is 30.2. The van der Waals surface area contributed by atoms with E-state index >= 15 is 0 Å². The molecule has 0 heterocycles. The predicted molar refractivity (Wildman–Crippen MR) is 185 cm³/mol. The lowest BCUT2D eigenvalue weighted by atomic mass is 9.86. The first kappa shape index (κ1) is 42.3. The fraction of sp³-hybridized carbons (Fsp3) is 0.351. The van der Waals surface area contributed by atoms with Crippen LogP contribution >= 0.6 is 11.8 Å². The quantitative estimate of drug-likeness (QED) is 0.299. The van der Waals surface area contributed by atoms with Crippen molar-refractivity contribution in [2.24, 2.45) is 0 Å². The van der Waals surface area contributed by atoms with Gasteiger partial charge in [-0.25, -0.2) is 0 Å². The number of thioether (sulfide) groups is 1. The van der Waals surface area contributed by atoms with Crippen molar-refractivity contribution < 1.29 is 0 Å². The highest BCUT2D eigenvalue weighted by molar-refractivity contribution is 8.07. The fourth-order valence-corrected chi connectivity index (χ4v) is 3.84. The Kier molecular flexibility index (Phi) is 38.1. The van der Waals surface area contributed by atoms with Gasteiger partial charge in [0.25, 0.3) is 0 Å². The smallest absolute Gasteiger partial charge is 0.0118 e. The largest absolute Gasteiger partial charge is 0.0991 e. The van der Waals surface area contributed by atoms with E-state index < -0.39 is 0 Å². The number of benzene rings is 1. The molecule has 212 valence electrons. The standard InChI is InChI=1S/C15H16.C14H18S.4C2H6/c1-3-4-7-13-11-15-9-6-5-8-14(15)10-12(13)2;1-5-9-12-13(8-4)15-14(10-6-2)11-7-3;4*1-2/h3-9H,1,10-11H2,2H3;5-12H,1-2H2,3-4H3;4*1-2H3/b7-4-;11-7-,12-9-,13-8+,14-10+;;;;. The molecule has 1 heteroatoms. The van der Waals surface area contributed by atoms with Crippen molar-refractivity contribution in [3.63, 3.8) is 0 Å². The van der Waals surface area contributed by atoms with E-state index in [-0.39, 0.29) is 0 Å². The Morgan fingerprint density at radius 2 is 1.24 bits per heavy atom. The van der Waals surface area contributed by atoms with Gasteiger partial charge in [0.05, 0.1) is 0 Å². The van der Waals surface area contributed by atoms with E-state index in [0.29, 0.717) is 0 Å². The second kappa shape index (κ2) is 34.2. The number of allylic oxidation sites excluding steroid dienone is 13.